The van der Waals surface area contributed by atoms with Gasteiger partial charge in [-0.25, -0.2) is 0 Å². The summed E-state index contributed by atoms with van der Waals surface area (Å²) in [5.74, 6) is 0. The lowest BCUT2D eigenvalue weighted by molar-refractivity contribution is 1.09. The Kier molecular flexibility index (Phi) is 5.04. The molecule has 1 rings (SSSR count). The molecule has 0 aromatic heterocycles. The normalized spacial score (nSPS) is 10.4. The molecule has 0 aliphatic heterocycles. The minimum atomic E-state index is 1.05. The Labute approximate surface area is 97.0 Å². The summed E-state index contributed by atoms with van der Waals surface area (Å²) in [6.07, 6.45) is 2.25. The highest BCUT2D eigenvalue weighted by Gasteiger charge is 1.99. The number of halogens is 2. The number of hydrogen-bond acceptors (Lipinski definition) is 0. The predicted molar refractivity (Wildman–Crippen MR) is 66.2 cm³/mol. The molecule has 0 saturated carbocycles. The van der Waals surface area contributed by atoms with Gasteiger partial charge in [0, 0.05) is 10.7 Å². The van der Waals surface area contributed by atoms with Gasteiger partial charge in [-0.3, -0.25) is 0 Å². The van der Waals surface area contributed by atoms with E-state index in [9.17, 15) is 0 Å². The van der Waals surface area contributed by atoms with E-state index < -0.39 is 0 Å². The summed E-state index contributed by atoms with van der Waals surface area (Å²) in [6, 6.07) is 6.75. The molecule has 0 saturated heterocycles. The van der Waals surface area contributed by atoms with Crippen molar-refractivity contribution < 1.29 is 0 Å². The van der Waals surface area contributed by atoms with Crippen molar-refractivity contribution in [3.63, 3.8) is 0 Å². The second kappa shape index (κ2) is 5.82. The van der Waals surface area contributed by atoms with E-state index in [-0.39, 0.29) is 0 Å². The van der Waals surface area contributed by atoms with Crippen molar-refractivity contribution in [1.82, 2.24) is 0 Å². The van der Waals surface area contributed by atoms with Crippen molar-refractivity contribution in [2.45, 2.75) is 19.8 Å². The second-order valence-electron chi connectivity index (χ2n) is 3.14. The molecular formula is C11H14Br2. The zero-order chi connectivity index (χ0) is 9.68. The molecule has 2 heteroatoms. The number of rotatable bonds is 4. The molecule has 0 aliphatic rings. The van der Waals surface area contributed by atoms with Crippen LogP contribution in [-0.2, 0) is 12.8 Å². The molecule has 0 amide bonds. The van der Waals surface area contributed by atoms with Crippen LogP contribution in [0.15, 0.2) is 18.2 Å². The fraction of sp³-hybridized carbons (Fsp3) is 0.455. The van der Waals surface area contributed by atoms with Gasteiger partial charge in [-0.2, -0.15) is 0 Å². The van der Waals surface area contributed by atoms with E-state index in [1.165, 1.54) is 16.7 Å². The van der Waals surface area contributed by atoms with Crippen molar-refractivity contribution in [2.75, 3.05) is 10.7 Å². The second-order valence-corrected chi connectivity index (χ2v) is 4.72. The summed E-state index contributed by atoms with van der Waals surface area (Å²) in [5, 5.41) is 2.09. The number of aryl methyl sites for hydroxylation is 3. The summed E-state index contributed by atoms with van der Waals surface area (Å²) >= 11 is 6.93. The van der Waals surface area contributed by atoms with Crippen LogP contribution in [0.2, 0.25) is 0 Å². The van der Waals surface area contributed by atoms with Crippen LogP contribution in [0, 0.1) is 6.92 Å². The Hall–Kier alpha value is 0.180. The quantitative estimate of drug-likeness (QED) is 0.741. The van der Waals surface area contributed by atoms with Gasteiger partial charge in [0.15, 0.2) is 0 Å². The molecule has 0 radical (unpaired) electrons. The molecule has 0 nitrogen and oxygen atoms in total. The average molecular weight is 306 g/mol. The van der Waals surface area contributed by atoms with Gasteiger partial charge in [0.25, 0.3) is 0 Å². The molecule has 0 heterocycles. The van der Waals surface area contributed by atoms with E-state index in [1.807, 2.05) is 0 Å². The highest BCUT2D eigenvalue weighted by atomic mass is 79.9. The Balaban J connectivity index is 2.83. The lowest BCUT2D eigenvalue weighted by atomic mass is 10.0. The van der Waals surface area contributed by atoms with Crippen LogP contribution in [-0.4, -0.2) is 10.7 Å². The molecule has 0 N–H and O–H groups in total. The van der Waals surface area contributed by atoms with Gasteiger partial charge >= 0.3 is 0 Å². The summed E-state index contributed by atoms with van der Waals surface area (Å²) in [6.45, 7) is 2.18. The standard InChI is InChI=1S/C11H14Br2/c1-9-2-3-10(4-6-12)8-11(9)5-7-13/h2-3,8H,4-7H2,1H3. The zero-order valence-electron chi connectivity index (χ0n) is 7.82. The maximum absolute atomic E-state index is 3.47. The third-order valence-electron chi connectivity index (χ3n) is 2.16. The van der Waals surface area contributed by atoms with Crippen molar-refractivity contribution in [3.05, 3.63) is 34.9 Å². The molecule has 0 fully saturated rings. The van der Waals surface area contributed by atoms with Gasteiger partial charge in [-0.15, -0.1) is 0 Å². The van der Waals surface area contributed by atoms with Crippen LogP contribution in [0.1, 0.15) is 16.7 Å². The summed E-state index contributed by atoms with van der Waals surface area (Å²) in [5.41, 5.74) is 4.30. The fourth-order valence-electron chi connectivity index (χ4n) is 1.36. The van der Waals surface area contributed by atoms with Gasteiger partial charge in [-0.1, -0.05) is 50.1 Å². The number of alkyl halides is 2. The number of hydrogen-bond donors (Lipinski definition) is 0. The molecule has 0 bridgehead atoms. The van der Waals surface area contributed by atoms with Gasteiger partial charge in [0.1, 0.15) is 0 Å². The van der Waals surface area contributed by atoms with Crippen LogP contribution in [0.25, 0.3) is 0 Å². The van der Waals surface area contributed by atoms with Crippen LogP contribution in [0.4, 0.5) is 0 Å². The number of benzene rings is 1. The highest BCUT2D eigenvalue weighted by molar-refractivity contribution is 9.09. The third-order valence-corrected chi connectivity index (χ3v) is 2.95. The van der Waals surface area contributed by atoms with Crippen LogP contribution in [0.5, 0.6) is 0 Å². The first-order valence-electron chi connectivity index (χ1n) is 4.48. The molecule has 1 aromatic rings. The SMILES string of the molecule is Cc1ccc(CCBr)cc1CCBr. The zero-order valence-corrected chi connectivity index (χ0v) is 11.0. The van der Waals surface area contributed by atoms with E-state index in [2.05, 4.69) is 57.0 Å². The largest absolute Gasteiger partial charge is 0.0924 e. The maximum atomic E-state index is 3.47. The predicted octanol–water partition coefficient (Wildman–Crippen LogP) is 3.87. The minimum absolute atomic E-state index is 1.05. The van der Waals surface area contributed by atoms with E-state index in [4.69, 9.17) is 0 Å². The summed E-state index contributed by atoms with van der Waals surface area (Å²) < 4.78 is 0. The third kappa shape index (κ3) is 3.43. The molecule has 72 valence electrons. The summed E-state index contributed by atoms with van der Waals surface area (Å²) in [7, 11) is 0. The molecular weight excluding hydrogens is 292 g/mol. The first-order chi connectivity index (χ1) is 6.27. The fourth-order valence-corrected chi connectivity index (χ4v) is 2.25. The molecule has 1 aromatic carbocycles. The monoisotopic (exact) mass is 304 g/mol. The first kappa shape index (κ1) is 11.3. The maximum Gasteiger partial charge on any atom is 0.00719 e. The van der Waals surface area contributed by atoms with Crippen LogP contribution in [0.3, 0.4) is 0 Å². The van der Waals surface area contributed by atoms with Gasteiger partial charge in [0.2, 0.25) is 0 Å². The van der Waals surface area contributed by atoms with Crippen molar-refractivity contribution in [3.8, 4) is 0 Å². The van der Waals surface area contributed by atoms with Crippen LogP contribution < -0.4 is 0 Å². The lowest BCUT2D eigenvalue weighted by Crippen LogP contribution is -1.94. The smallest absolute Gasteiger partial charge is 0.00719 e. The van der Waals surface area contributed by atoms with E-state index in [0.717, 1.165) is 23.5 Å². The van der Waals surface area contributed by atoms with Crippen LogP contribution >= 0.6 is 31.9 Å². The van der Waals surface area contributed by atoms with Gasteiger partial charge in [0.05, 0.1) is 0 Å². The minimum Gasteiger partial charge on any atom is -0.0924 e. The average Bonchev–Trinajstić information content (AvgIpc) is 2.12. The summed E-state index contributed by atoms with van der Waals surface area (Å²) in [4.78, 5) is 0. The van der Waals surface area contributed by atoms with Crippen molar-refractivity contribution in [2.24, 2.45) is 0 Å². The molecule has 0 aliphatic carbocycles. The Morgan fingerprint density at radius 2 is 1.77 bits per heavy atom. The Morgan fingerprint density at radius 3 is 2.38 bits per heavy atom. The molecule has 0 atom stereocenters. The Bertz CT molecular complexity index is 269. The van der Waals surface area contributed by atoms with Crippen molar-refractivity contribution in [1.29, 1.82) is 0 Å². The lowest BCUT2D eigenvalue weighted by Gasteiger charge is -2.06. The van der Waals surface area contributed by atoms with Gasteiger partial charge in [-0.05, 0) is 36.5 Å². The Morgan fingerprint density at radius 1 is 1.08 bits per heavy atom. The van der Waals surface area contributed by atoms with E-state index >= 15 is 0 Å². The van der Waals surface area contributed by atoms with E-state index in [1.54, 1.807) is 0 Å². The topological polar surface area (TPSA) is 0 Å². The highest BCUT2D eigenvalue weighted by Crippen LogP contribution is 2.13. The van der Waals surface area contributed by atoms with Crippen molar-refractivity contribution >= 4 is 31.9 Å². The van der Waals surface area contributed by atoms with Gasteiger partial charge < -0.3 is 0 Å². The molecule has 0 unspecified atom stereocenters. The van der Waals surface area contributed by atoms with E-state index in [0.29, 0.717) is 0 Å². The molecule has 13 heavy (non-hydrogen) atoms. The molecule has 0 spiro atoms. The first-order valence-corrected chi connectivity index (χ1v) is 6.72.